The van der Waals surface area contributed by atoms with Gasteiger partial charge in [-0.3, -0.25) is 4.79 Å². The molecular weight excluding hydrogens is 248 g/mol. The van der Waals surface area contributed by atoms with Gasteiger partial charge in [0.1, 0.15) is 17.1 Å². The molecule has 92 valence electrons. The third-order valence-electron chi connectivity index (χ3n) is 1.69. The van der Waals surface area contributed by atoms with Crippen LogP contribution < -0.4 is 5.32 Å². The predicted molar refractivity (Wildman–Crippen MR) is 59.5 cm³/mol. The Kier molecular flexibility index (Phi) is 3.79. The van der Waals surface area contributed by atoms with E-state index in [4.69, 9.17) is 5.11 Å². The quantitative estimate of drug-likeness (QED) is 0.770. The van der Waals surface area contributed by atoms with E-state index in [2.05, 4.69) is 10.3 Å². The number of hydrogen-bond acceptors (Lipinski definition) is 5. The van der Waals surface area contributed by atoms with E-state index in [1.54, 1.807) is 0 Å². The van der Waals surface area contributed by atoms with Crippen LogP contribution in [0.4, 0.5) is 5.82 Å². The van der Waals surface area contributed by atoms with Crippen molar-refractivity contribution in [3.63, 3.8) is 0 Å². The Morgan fingerprint density at radius 2 is 2.12 bits per heavy atom. The molecule has 0 bridgehead atoms. The Balaban J connectivity index is 2.89. The molecule has 1 heterocycles. The number of pyridine rings is 1. The van der Waals surface area contributed by atoms with Crippen LogP contribution in [-0.4, -0.2) is 42.4 Å². The number of nitrogens with zero attached hydrogens (tertiary/aromatic N) is 1. The van der Waals surface area contributed by atoms with Crippen LogP contribution in [0.1, 0.15) is 10.4 Å². The molecule has 0 unspecified atom stereocenters. The first-order valence-corrected chi connectivity index (χ1v) is 6.51. The monoisotopic (exact) mass is 258 g/mol. The Morgan fingerprint density at radius 1 is 1.47 bits per heavy atom. The van der Waals surface area contributed by atoms with E-state index >= 15 is 0 Å². The fourth-order valence-corrected chi connectivity index (χ4v) is 1.63. The number of nitrogens with one attached hydrogen (secondary N) is 1. The van der Waals surface area contributed by atoms with Gasteiger partial charge >= 0.3 is 5.97 Å². The molecule has 0 aliphatic heterocycles. The van der Waals surface area contributed by atoms with E-state index in [1.165, 1.54) is 18.3 Å². The molecule has 0 atom stereocenters. The zero-order valence-electron chi connectivity index (χ0n) is 8.87. The molecule has 0 aliphatic rings. The van der Waals surface area contributed by atoms with Crippen LogP contribution in [0.15, 0.2) is 18.3 Å². The minimum atomic E-state index is -3.46. The maximum atomic E-state index is 11.3. The SMILES string of the molecule is CS(=O)(=O)CC(=O)Nc1ncccc1C(=O)O. The molecule has 0 spiro atoms. The molecule has 0 saturated heterocycles. The van der Waals surface area contributed by atoms with Gasteiger partial charge in [0.25, 0.3) is 0 Å². The number of aromatic nitrogens is 1. The van der Waals surface area contributed by atoms with Crippen LogP contribution in [0.2, 0.25) is 0 Å². The Bertz CT molecular complexity index is 552. The number of carbonyl (C=O) groups excluding carboxylic acids is 1. The first kappa shape index (κ1) is 13.1. The first-order chi connectivity index (χ1) is 7.79. The molecule has 7 nitrogen and oxygen atoms in total. The first-order valence-electron chi connectivity index (χ1n) is 4.45. The predicted octanol–water partition coefficient (Wildman–Crippen LogP) is -0.237. The van der Waals surface area contributed by atoms with Gasteiger partial charge in [0.15, 0.2) is 9.84 Å². The number of carboxylic acids is 1. The fourth-order valence-electron chi connectivity index (χ4n) is 1.08. The molecule has 0 fully saturated rings. The van der Waals surface area contributed by atoms with E-state index < -0.39 is 27.5 Å². The summed E-state index contributed by atoms with van der Waals surface area (Å²) in [5, 5.41) is 10.9. The number of sulfone groups is 1. The molecule has 0 aliphatic carbocycles. The standard InChI is InChI=1S/C9H10N2O5S/c1-17(15,16)5-7(12)11-8-6(9(13)14)3-2-4-10-8/h2-4H,5H2,1H3,(H,13,14)(H,10,11,12). The summed E-state index contributed by atoms with van der Waals surface area (Å²) < 4.78 is 21.7. The molecular formula is C9H10N2O5S. The summed E-state index contributed by atoms with van der Waals surface area (Å²) in [5.74, 6) is -2.97. The highest BCUT2D eigenvalue weighted by atomic mass is 32.2. The van der Waals surface area contributed by atoms with Crippen molar-refractivity contribution in [3.8, 4) is 0 Å². The molecule has 1 aromatic heterocycles. The van der Waals surface area contributed by atoms with E-state index in [1.807, 2.05) is 0 Å². The third-order valence-corrected chi connectivity index (χ3v) is 2.48. The molecule has 1 amide bonds. The van der Waals surface area contributed by atoms with Crippen LogP contribution in [-0.2, 0) is 14.6 Å². The maximum absolute atomic E-state index is 11.3. The van der Waals surface area contributed by atoms with Crippen LogP contribution in [0.25, 0.3) is 0 Å². The molecule has 2 N–H and O–H groups in total. The summed E-state index contributed by atoms with van der Waals surface area (Å²) in [6.45, 7) is 0. The van der Waals surface area contributed by atoms with E-state index in [-0.39, 0.29) is 11.4 Å². The lowest BCUT2D eigenvalue weighted by atomic mass is 10.2. The second-order valence-corrected chi connectivity index (χ2v) is 5.46. The number of carbonyl (C=O) groups is 2. The van der Waals surface area contributed by atoms with Gasteiger partial charge in [0, 0.05) is 12.5 Å². The van der Waals surface area contributed by atoms with Crippen molar-refractivity contribution in [2.45, 2.75) is 0 Å². The van der Waals surface area contributed by atoms with Crippen molar-refractivity contribution in [2.24, 2.45) is 0 Å². The summed E-state index contributed by atoms with van der Waals surface area (Å²) >= 11 is 0. The average molecular weight is 258 g/mol. The second kappa shape index (κ2) is 4.91. The number of rotatable bonds is 4. The molecule has 8 heteroatoms. The topological polar surface area (TPSA) is 113 Å². The minimum absolute atomic E-state index is 0.173. The lowest BCUT2D eigenvalue weighted by molar-refractivity contribution is -0.113. The summed E-state index contributed by atoms with van der Waals surface area (Å²) in [4.78, 5) is 25.7. The lowest BCUT2D eigenvalue weighted by Gasteiger charge is -2.05. The zero-order chi connectivity index (χ0) is 13.1. The summed E-state index contributed by atoms with van der Waals surface area (Å²) in [7, 11) is -3.46. The number of aromatic carboxylic acids is 1. The molecule has 0 radical (unpaired) electrons. The third kappa shape index (κ3) is 4.19. The highest BCUT2D eigenvalue weighted by Gasteiger charge is 2.16. The Labute approximate surface area is 97.4 Å². The largest absolute Gasteiger partial charge is 0.478 e. The van der Waals surface area contributed by atoms with Crippen molar-refractivity contribution in [3.05, 3.63) is 23.9 Å². The van der Waals surface area contributed by atoms with Crippen LogP contribution in [0.5, 0.6) is 0 Å². The van der Waals surface area contributed by atoms with Gasteiger partial charge in [-0.25, -0.2) is 18.2 Å². The molecule has 17 heavy (non-hydrogen) atoms. The van der Waals surface area contributed by atoms with Crippen molar-refractivity contribution < 1.29 is 23.1 Å². The molecule has 1 rings (SSSR count). The number of carboxylic acid groups (broad SMARTS) is 1. The Morgan fingerprint density at radius 3 is 2.65 bits per heavy atom. The number of anilines is 1. The van der Waals surface area contributed by atoms with Crippen LogP contribution >= 0.6 is 0 Å². The Hall–Kier alpha value is -1.96. The van der Waals surface area contributed by atoms with Crippen molar-refractivity contribution in [1.29, 1.82) is 0 Å². The minimum Gasteiger partial charge on any atom is -0.478 e. The van der Waals surface area contributed by atoms with Crippen molar-refractivity contribution >= 4 is 27.5 Å². The van der Waals surface area contributed by atoms with E-state index in [0.29, 0.717) is 0 Å². The highest BCUT2D eigenvalue weighted by Crippen LogP contribution is 2.11. The van der Waals surface area contributed by atoms with Gasteiger partial charge in [0.2, 0.25) is 5.91 Å². The smallest absolute Gasteiger partial charge is 0.339 e. The van der Waals surface area contributed by atoms with Crippen molar-refractivity contribution in [2.75, 3.05) is 17.3 Å². The summed E-state index contributed by atoms with van der Waals surface area (Å²) in [6, 6.07) is 2.65. The van der Waals surface area contributed by atoms with Gasteiger partial charge in [-0.05, 0) is 12.1 Å². The van der Waals surface area contributed by atoms with Crippen LogP contribution in [0.3, 0.4) is 0 Å². The molecule has 1 aromatic rings. The summed E-state index contributed by atoms with van der Waals surface area (Å²) in [5.41, 5.74) is -0.200. The van der Waals surface area contributed by atoms with Crippen molar-refractivity contribution in [1.82, 2.24) is 4.98 Å². The second-order valence-electron chi connectivity index (χ2n) is 3.32. The van der Waals surface area contributed by atoms with Gasteiger partial charge < -0.3 is 10.4 Å². The average Bonchev–Trinajstić information content (AvgIpc) is 2.14. The van der Waals surface area contributed by atoms with E-state index in [0.717, 1.165) is 6.26 Å². The van der Waals surface area contributed by atoms with Gasteiger partial charge in [-0.15, -0.1) is 0 Å². The van der Waals surface area contributed by atoms with E-state index in [9.17, 15) is 18.0 Å². The molecule has 0 saturated carbocycles. The lowest BCUT2D eigenvalue weighted by Crippen LogP contribution is -2.23. The number of amides is 1. The number of hydrogen-bond donors (Lipinski definition) is 2. The maximum Gasteiger partial charge on any atom is 0.339 e. The normalized spacial score (nSPS) is 10.9. The highest BCUT2D eigenvalue weighted by molar-refractivity contribution is 7.91. The van der Waals surface area contributed by atoms with Crippen LogP contribution in [0, 0.1) is 0 Å². The molecule has 0 aromatic carbocycles. The van der Waals surface area contributed by atoms with Gasteiger partial charge in [0.05, 0.1) is 0 Å². The zero-order valence-corrected chi connectivity index (χ0v) is 9.69. The van der Waals surface area contributed by atoms with Gasteiger partial charge in [-0.1, -0.05) is 0 Å². The fraction of sp³-hybridized carbons (Fsp3) is 0.222. The summed E-state index contributed by atoms with van der Waals surface area (Å²) in [6.07, 6.45) is 2.20. The van der Waals surface area contributed by atoms with Gasteiger partial charge in [-0.2, -0.15) is 0 Å².